The lowest BCUT2D eigenvalue weighted by atomic mass is 9.98. The highest BCUT2D eigenvalue weighted by atomic mass is 79.9. The van der Waals surface area contributed by atoms with E-state index in [9.17, 15) is 4.79 Å². The maximum Gasteiger partial charge on any atom is 0.197 e. The number of methoxy groups -OCH3 is 2. The number of aromatic nitrogens is 1. The van der Waals surface area contributed by atoms with E-state index in [4.69, 9.17) is 9.47 Å². The average Bonchev–Trinajstić information content (AvgIpc) is 2.53. The number of aryl methyl sites for hydroxylation is 1. The van der Waals surface area contributed by atoms with Crippen LogP contribution in [0.15, 0.2) is 35.1 Å². The molecule has 110 valence electrons. The fourth-order valence-electron chi connectivity index (χ4n) is 2.15. The van der Waals surface area contributed by atoms with Gasteiger partial charge in [0.15, 0.2) is 5.78 Å². The first-order chi connectivity index (χ1) is 10.1. The molecule has 0 spiro atoms. The minimum absolute atomic E-state index is 0.0885. The highest BCUT2D eigenvalue weighted by molar-refractivity contribution is 9.10. The highest BCUT2D eigenvalue weighted by Gasteiger charge is 2.21. The fourth-order valence-corrected chi connectivity index (χ4v) is 2.82. The zero-order chi connectivity index (χ0) is 15.4. The molecule has 1 aromatic heterocycles. The average molecular weight is 350 g/mol. The molecule has 0 unspecified atom stereocenters. The van der Waals surface area contributed by atoms with E-state index >= 15 is 0 Å². The first-order valence-corrected chi connectivity index (χ1v) is 7.31. The molecule has 21 heavy (non-hydrogen) atoms. The topological polar surface area (TPSA) is 48.4 Å². The Kier molecular flexibility index (Phi) is 4.96. The predicted molar refractivity (Wildman–Crippen MR) is 84.3 cm³/mol. The van der Waals surface area contributed by atoms with Crippen molar-refractivity contribution in [2.45, 2.75) is 13.3 Å². The molecule has 4 nitrogen and oxygen atoms in total. The van der Waals surface area contributed by atoms with Crippen molar-refractivity contribution in [3.8, 4) is 11.5 Å². The summed E-state index contributed by atoms with van der Waals surface area (Å²) in [6.45, 7) is 2.00. The van der Waals surface area contributed by atoms with Gasteiger partial charge < -0.3 is 9.47 Å². The van der Waals surface area contributed by atoms with Gasteiger partial charge in [0.25, 0.3) is 0 Å². The molecule has 1 aromatic carbocycles. The van der Waals surface area contributed by atoms with Crippen molar-refractivity contribution in [1.29, 1.82) is 0 Å². The zero-order valence-electron chi connectivity index (χ0n) is 12.1. The summed E-state index contributed by atoms with van der Waals surface area (Å²) in [5.74, 6) is 1.00. The van der Waals surface area contributed by atoms with Crippen molar-refractivity contribution >= 4 is 21.7 Å². The number of carbonyl (C=O) groups excluding carboxylic acids is 1. The van der Waals surface area contributed by atoms with Gasteiger partial charge in [-0.1, -0.05) is 6.92 Å². The van der Waals surface area contributed by atoms with Crippen molar-refractivity contribution in [3.05, 3.63) is 51.8 Å². The maximum atomic E-state index is 12.8. The van der Waals surface area contributed by atoms with Crippen LogP contribution in [0.4, 0.5) is 0 Å². The molecule has 1 heterocycles. The number of benzene rings is 1. The number of hydrogen-bond acceptors (Lipinski definition) is 4. The van der Waals surface area contributed by atoms with Gasteiger partial charge in [-0.3, -0.25) is 9.78 Å². The lowest BCUT2D eigenvalue weighted by Crippen LogP contribution is -2.08. The normalized spacial score (nSPS) is 10.3. The second kappa shape index (κ2) is 6.72. The Morgan fingerprint density at radius 2 is 1.95 bits per heavy atom. The summed E-state index contributed by atoms with van der Waals surface area (Å²) < 4.78 is 11.2. The Balaban J connectivity index is 2.56. The van der Waals surface area contributed by atoms with E-state index in [1.807, 2.05) is 6.92 Å². The van der Waals surface area contributed by atoms with Crippen LogP contribution in [0.1, 0.15) is 28.4 Å². The van der Waals surface area contributed by atoms with Crippen molar-refractivity contribution < 1.29 is 14.3 Å². The molecule has 0 fully saturated rings. The second-order valence-electron chi connectivity index (χ2n) is 4.38. The van der Waals surface area contributed by atoms with E-state index in [0.717, 1.165) is 12.0 Å². The molecule has 0 N–H and O–H groups in total. The lowest BCUT2D eigenvalue weighted by molar-refractivity contribution is 0.103. The molecule has 2 rings (SSSR count). The number of carbonyl (C=O) groups is 1. The van der Waals surface area contributed by atoms with Gasteiger partial charge in [0.2, 0.25) is 0 Å². The third kappa shape index (κ3) is 2.93. The summed E-state index contributed by atoms with van der Waals surface area (Å²) in [5.41, 5.74) is 2.05. The number of hydrogen-bond donors (Lipinski definition) is 0. The minimum atomic E-state index is -0.0885. The second-order valence-corrected chi connectivity index (χ2v) is 5.17. The molecule has 2 aromatic rings. The van der Waals surface area contributed by atoms with Crippen LogP contribution in [0.3, 0.4) is 0 Å². The van der Waals surface area contributed by atoms with Gasteiger partial charge in [0.05, 0.1) is 19.8 Å². The van der Waals surface area contributed by atoms with Crippen LogP contribution in [-0.2, 0) is 6.42 Å². The highest BCUT2D eigenvalue weighted by Crippen LogP contribution is 2.38. The van der Waals surface area contributed by atoms with Crippen LogP contribution in [0, 0.1) is 0 Å². The molecular weight excluding hydrogens is 334 g/mol. The van der Waals surface area contributed by atoms with Gasteiger partial charge >= 0.3 is 0 Å². The number of nitrogens with zero attached hydrogens (tertiary/aromatic N) is 1. The van der Waals surface area contributed by atoms with Crippen molar-refractivity contribution in [2.75, 3.05) is 14.2 Å². The van der Waals surface area contributed by atoms with Gasteiger partial charge in [-0.25, -0.2) is 0 Å². The van der Waals surface area contributed by atoms with Gasteiger partial charge in [-0.05, 0) is 46.1 Å². The molecular formula is C16H16BrNO3. The van der Waals surface area contributed by atoms with Gasteiger partial charge in [-0.15, -0.1) is 0 Å². The SMILES string of the molecule is CCc1cnccc1C(=O)c1ccc(OC)c(Br)c1OC. The molecule has 5 heteroatoms. The fraction of sp³-hybridized carbons (Fsp3) is 0.250. The van der Waals surface area contributed by atoms with Crippen LogP contribution in [0.25, 0.3) is 0 Å². The third-order valence-electron chi connectivity index (χ3n) is 3.26. The summed E-state index contributed by atoms with van der Waals surface area (Å²) in [7, 11) is 3.10. The number of rotatable bonds is 5. The van der Waals surface area contributed by atoms with Crippen LogP contribution in [-0.4, -0.2) is 25.0 Å². The molecule has 0 aliphatic carbocycles. The Bertz CT molecular complexity index is 671. The Hall–Kier alpha value is -1.88. The van der Waals surface area contributed by atoms with Crippen LogP contribution < -0.4 is 9.47 Å². The molecule has 0 radical (unpaired) electrons. The van der Waals surface area contributed by atoms with Crippen molar-refractivity contribution in [3.63, 3.8) is 0 Å². The van der Waals surface area contributed by atoms with E-state index in [1.165, 1.54) is 7.11 Å². The zero-order valence-corrected chi connectivity index (χ0v) is 13.7. The molecule has 0 amide bonds. The molecule has 0 saturated heterocycles. The van der Waals surface area contributed by atoms with E-state index in [0.29, 0.717) is 27.1 Å². The predicted octanol–water partition coefficient (Wildman–Crippen LogP) is 3.65. The van der Waals surface area contributed by atoms with E-state index < -0.39 is 0 Å². The molecule has 0 saturated carbocycles. The summed E-state index contributed by atoms with van der Waals surface area (Å²) in [4.78, 5) is 16.9. The Labute approximate surface area is 132 Å². The molecule has 0 bridgehead atoms. The Morgan fingerprint density at radius 1 is 1.19 bits per heavy atom. The number of pyridine rings is 1. The maximum absolute atomic E-state index is 12.8. The van der Waals surface area contributed by atoms with E-state index in [2.05, 4.69) is 20.9 Å². The van der Waals surface area contributed by atoms with Crippen LogP contribution in [0.5, 0.6) is 11.5 Å². The number of halogens is 1. The van der Waals surface area contributed by atoms with Gasteiger partial charge in [0.1, 0.15) is 16.0 Å². The first kappa shape index (κ1) is 15.5. The minimum Gasteiger partial charge on any atom is -0.495 e. The Morgan fingerprint density at radius 3 is 2.57 bits per heavy atom. The van der Waals surface area contributed by atoms with E-state index in [-0.39, 0.29) is 5.78 Å². The summed E-state index contributed by atoms with van der Waals surface area (Å²) in [6.07, 6.45) is 4.09. The van der Waals surface area contributed by atoms with Crippen molar-refractivity contribution in [2.24, 2.45) is 0 Å². The van der Waals surface area contributed by atoms with E-state index in [1.54, 1.807) is 37.7 Å². The molecule has 0 atom stereocenters. The monoisotopic (exact) mass is 349 g/mol. The number of ketones is 1. The summed E-state index contributed by atoms with van der Waals surface area (Å²) in [6, 6.07) is 5.19. The van der Waals surface area contributed by atoms with Crippen molar-refractivity contribution in [1.82, 2.24) is 4.98 Å². The number of ether oxygens (including phenoxy) is 2. The summed E-state index contributed by atoms with van der Waals surface area (Å²) in [5, 5.41) is 0. The summed E-state index contributed by atoms with van der Waals surface area (Å²) >= 11 is 3.41. The molecule has 0 aliphatic heterocycles. The standard InChI is InChI=1S/C16H16BrNO3/c1-4-10-9-18-8-7-11(10)15(19)12-5-6-13(20-2)14(17)16(12)21-3/h5-9H,4H2,1-3H3. The quantitative estimate of drug-likeness (QED) is 0.773. The largest absolute Gasteiger partial charge is 0.495 e. The van der Waals surface area contributed by atoms with Crippen LogP contribution in [0.2, 0.25) is 0 Å². The van der Waals surface area contributed by atoms with Crippen LogP contribution >= 0.6 is 15.9 Å². The van der Waals surface area contributed by atoms with Gasteiger partial charge in [-0.2, -0.15) is 0 Å². The van der Waals surface area contributed by atoms with Gasteiger partial charge in [0, 0.05) is 18.0 Å². The molecule has 0 aliphatic rings. The first-order valence-electron chi connectivity index (χ1n) is 6.52. The third-order valence-corrected chi connectivity index (χ3v) is 4.01. The lowest BCUT2D eigenvalue weighted by Gasteiger charge is -2.13. The smallest absolute Gasteiger partial charge is 0.197 e.